The van der Waals surface area contributed by atoms with Crippen LogP contribution in [0.25, 0.3) is 0 Å². The van der Waals surface area contributed by atoms with Gasteiger partial charge in [-0.05, 0) is 18.6 Å². The maximum absolute atomic E-state index is 11.5. The average Bonchev–Trinajstić information content (AvgIpc) is 2.28. The molecular formula is C11H14ClNO4. The number of hydrogen-bond donors (Lipinski definition) is 2. The molecule has 0 radical (unpaired) electrons. The van der Waals surface area contributed by atoms with Crippen LogP contribution in [0.3, 0.4) is 0 Å². The van der Waals surface area contributed by atoms with Gasteiger partial charge in [-0.25, -0.2) is 9.59 Å². The van der Waals surface area contributed by atoms with E-state index in [1.807, 2.05) is 0 Å². The summed E-state index contributed by atoms with van der Waals surface area (Å²) in [7, 11) is 0. The number of aromatic carboxylic acids is 1. The van der Waals surface area contributed by atoms with Crippen LogP contribution < -0.4 is 5.73 Å². The lowest BCUT2D eigenvalue weighted by Gasteiger charge is -2.09. The first-order valence-corrected chi connectivity index (χ1v) is 4.84. The van der Waals surface area contributed by atoms with Crippen molar-refractivity contribution in [3.8, 4) is 0 Å². The number of carbonyl (C=O) groups excluding carboxylic acids is 1. The van der Waals surface area contributed by atoms with E-state index in [0.29, 0.717) is 5.56 Å². The Balaban J connectivity index is 0.00000256. The summed E-state index contributed by atoms with van der Waals surface area (Å²) in [6.07, 6.45) is 0. The third-order valence-corrected chi connectivity index (χ3v) is 2.08. The van der Waals surface area contributed by atoms with Crippen molar-refractivity contribution in [1.82, 2.24) is 0 Å². The molecule has 0 fully saturated rings. The van der Waals surface area contributed by atoms with Gasteiger partial charge in [-0.3, -0.25) is 0 Å². The highest BCUT2D eigenvalue weighted by atomic mass is 35.5. The lowest BCUT2D eigenvalue weighted by Crippen LogP contribution is -2.15. The van der Waals surface area contributed by atoms with Crippen LogP contribution >= 0.6 is 12.4 Å². The molecule has 0 spiro atoms. The Morgan fingerprint density at radius 1 is 1.41 bits per heavy atom. The van der Waals surface area contributed by atoms with Crippen LogP contribution in [0.4, 0.5) is 0 Å². The van der Waals surface area contributed by atoms with E-state index in [1.54, 1.807) is 19.1 Å². The third-order valence-electron chi connectivity index (χ3n) is 2.08. The monoisotopic (exact) mass is 259 g/mol. The van der Waals surface area contributed by atoms with Crippen molar-refractivity contribution in [1.29, 1.82) is 0 Å². The Kier molecular flexibility index (Phi) is 6.23. The van der Waals surface area contributed by atoms with E-state index < -0.39 is 11.9 Å². The highest BCUT2D eigenvalue weighted by molar-refractivity contribution is 6.03. The molecule has 0 aromatic heterocycles. The molecule has 0 saturated carbocycles. The molecule has 0 atom stereocenters. The molecule has 0 aliphatic rings. The van der Waals surface area contributed by atoms with Gasteiger partial charge in [0.05, 0.1) is 17.7 Å². The predicted octanol–water partition coefficient (Wildman–Crippen LogP) is 1.44. The smallest absolute Gasteiger partial charge is 0.339 e. The molecule has 17 heavy (non-hydrogen) atoms. The van der Waals surface area contributed by atoms with E-state index in [9.17, 15) is 9.59 Å². The minimum Gasteiger partial charge on any atom is -0.478 e. The van der Waals surface area contributed by atoms with Gasteiger partial charge in [0.25, 0.3) is 0 Å². The molecule has 0 heterocycles. The fourth-order valence-electron chi connectivity index (χ4n) is 1.40. The summed E-state index contributed by atoms with van der Waals surface area (Å²) in [6.45, 7) is 1.92. The van der Waals surface area contributed by atoms with Gasteiger partial charge in [0.2, 0.25) is 0 Å². The van der Waals surface area contributed by atoms with Crippen molar-refractivity contribution < 1.29 is 19.4 Å². The topological polar surface area (TPSA) is 89.6 Å². The van der Waals surface area contributed by atoms with E-state index >= 15 is 0 Å². The largest absolute Gasteiger partial charge is 0.478 e. The summed E-state index contributed by atoms with van der Waals surface area (Å²) < 4.78 is 4.78. The molecule has 1 aromatic rings. The van der Waals surface area contributed by atoms with Gasteiger partial charge >= 0.3 is 11.9 Å². The Labute approximate surface area is 105 Å². The second kappa shape index (κ2) is 6.88. The molecule has 94 valence electrons. The standard InChI is InChI=1S/C11H13NO4.ClH/c1-2-16-11(15)8-5-3-4-7(6-12)9(8)10(13)14;/h3-5H,2,6,12H2,1H3,(H,13,14);1H. The molecule has 1 aromatic carbocycles. The van der Waals surface area contributed by atoms with E-state index in [1.165, 1.54) is 6.07 Å². The molecule has 1 rings (SSSR count). The van der Waals surface area contributed by atoms with Crippen molar-refractivity contribution in [2.75, 3.05) is 6.61 Å². The highest BCUT2D eigenvalue weighted by Crippen LogP contribution is 2.16. The SMILES string of the molecule is CCOC(=O)c1cccc(CN)c1C(=O)O.Cl. The summed E-state index contributed by atoms with van der Waals surface area (Å²) in [6, 6.07) is 4.58. The van der Waals surface area contributed by atoms with Crippen molar-refractivity contribution >= 4 is 24.3 Å². The molecule has 0 aliphatic carbocycles. The van der Waals surface area contributed by atoms with Crippen LogP contribution in [0.5, 0.6) is 0 Å². The van der Waals surface area contributed by atoms with Gasteiger partial charge in [-0.2, -0.15) is 0 Å². The normalized spacial score (nSPS) is 9.29. The minimum atomic E-state index is -1.18. The van der Waals surface area contributed by atoms with Crippen molar-refractivity contribution in [3.05, 3.63) is 34.9 Å². The number of halogens is 1. The molecule has 0 aliphatic heterocycles. The summed E-state index contributed by atoms with van der Waals surface area (Å²) in [4.78, 5) is 22.6. The van der Waals surface area contributed by atoms with E-state index in [-0.39, 0.29) is 36.7 Å². The Morgan fingerprint density at radius 2 is 2.06 bits per heavy atom. The van der Waals surface area contributed by atoms with Crippen molar-refractivity contribution in [2.24, 2.45) is 5.73 Å². The van der Waals surface area contributed by atoms with E-state index in [4.69, 9.17) is 15.6 Å². The van der Waals surface area contributed by atoms with E-state index in [2.05, 4.69) is 0 Å². The second-order valence-electron chi connectivity index (χ2n) is 3.07. The zero-order chi connectivity index (χ0) is 12.1. The molecule has 3 N–H and O–H groups in total. The number of esters is 1. The van der Waals surface area contributed by atoms with E-state index in [0.717, 1.165) is 0 Å². The van der Waals surface area contributed by atoms with Gasteiger partial charge in [0, 0.05) is 6.54 Å². The van der Waals surface area contributed by atoms with Crippen molar-refractivity contribution in [3.63, 3.8) is 0 Å². The van der Waals surface area contributed by atoms with Crippen LogP contribution in [0.1, 0.15) is 33.2 Å². The second-order valence-corrected chi connectivity index (χ2v) is 3.07. The van der Waals surface area contributed by atoms with Gasteiger partial charge in [0.15, 0.2) is 0 Å². The first-order valence-electron chi connectivity index (χ1n) is 4.84. The minimum absolute atomic E-state index is 0. The molecule has 0 bridgehead atoms. The number of hydrogen-bond acceptors (Lipinski definition) is 4. The Morgan fingerprint density at radius 3 is 2.53 bits per heavy atom. The molecule has 6 heteroatoms. The van der Waals surface area contributed by atoms with Gasteiger partial charge in [-0.15, -0.1) is 12.4 Å². The highest BCUT2D eigenvalue weighted by Gasteiger charge is 2.20. The first kappa shape index (κ1) is 15.4. The Hall–Kier alpha value is -1.59. The lowest BCUT2D eigenvalue weighted by atomic mass is 10.0. The summed E-state index contributed by atoms with van der Waals surface area (Å²) in [5.41, 5.74) is 5.79. The maximum Gasteiger partial charge on any atom is 0.339 e. The lowest BCUT2D eigenvalue weighted by molar-refractivity contribution is 0.0514. The predicted molar refractivity (Wildman–Crippen MR) is 64.5 cm³/mol. The number of carbonyl (C=O) groups is 2. The summed E-state index contributed by atoms with van der Waals surface area (Å²) >= 11 is 0. The molecule has 0 saturated heterocycles. The molecule has 0 unspecified atom stereocenters. The maximum atomic E-state index is 11.5. The third kappa shape index (κ3) is 3.44. The van der Waals surface area contributed by atoms with Crippen LogP contribution in [0.15, 0.2) is 18.2 Å². The average molecular weight is 260 g/mol. The summed E-state index contributed by atoms with van der Waals surface area (Å²) in [5, 5.41) is 9.03. The Bertz CT molecular complexity index is 420. The van der Waals surface area contributed by atoms with Crippen LogP contribution in [-0.2, 0) is 11.3 Å². The first-order chi connectivity index (χ1) is 7.61. The van der Waals surface area contributed by atoms with Crippen molar-refractivity contribution in [2.45, 2.75) is 13.5 Å². The van der Waals surface area contributed by atoms with Crippen LogP contribution in [0, 0.1) is 0 Å². The number of ether oxygens (including phenoxy) is 1. The van der Waals surface area contributed by atoms with Gasteiger partial charge in [-0.1, -0.05) is 12.1 Å². The molecule has 0 amide bonds. The van der Waals surface area contributed by atoms with Gasteiger partial charge in [0.1, 0.15) is 0 Å². The van der Waals surface area contributed by atoms with Crippen LogP contribution in [-0.4, -0.2) is 23.7 Å². The fraction of sp³-hybridized carbons (Fsp3) is 0.273. The number of rotatable bonds is 4. The number of carboxylic acid groups (broad SMARTS) is 1. The number of carboxylic acids is 1. The summed E-state index contributed by atoms with van der Waals surface area (Å²) in [5.74, 6) is -1.82. The zero-order valence-electron chi connectivity index (χ0n) is 9.30. The number of benzene rings is 1. The molecular weight excluding hydrogens is 246 g/mol. The quantitative estimate of drug-likeness (QED) is 0.799. The van der Waals surface area contributed by atoms with Crippen LogP contribution in [0.2, 0.25) is 0 Å². The fourth-order valence-corrected chi connectivity index (χ4v) is 1.40. The zero-order valence-corrected chi connectivity index (χ0v) is 10.1. The molecule has 5 nitrogen and oxygen atoms in total. The van der Waals surface area contributed by atoms with Gasteiger partial charge < -0.3 is 15.6 Å². The number of nitrogens with two attached hydrogens (primary N) is 1.